The molecule has 1 fully saturated rings. The zero-order valence-electron chi connectivity index (χ0n) is 18.8. The lowest BCUT2D eigenvalue weighted by Crippen LogP contribution is -2.47. The SMILES string of the molecule is CN(C(=O)Nc1ccc(-c2cc(F)cc(F)c2)cc1)C1CCN(c2ccc(C(F)(F)F)cn2)CC1. The van der Waals surface area contributed by atoms with Gasteiger partial charge in [-0.05, 0) is 60.4 Å². The molecule has 2 aromatic carbocycles. The van der Waals surface area contributed by atoms with Crippen LogP contribution in [-0.2, 0) is 6.18 Å². The third-order valence-electron chi connectivity index (χ3n) is 6.06. The van der Waals surface area contributed by atoms with Crippen molar-refractivity contribution in [2.45, 2.75) is 25.1 Å². The fourth-order valence-corrected chi connectivity index (χ4v) is 4.07. The Morgan fingerprint density at radius 2 is 1.60 bits per heavy atom. The number of benzene rings is 2. The maximum absolute atomic E-state index is 13.5. The molecule has 1 aromatic heterocycles. The summed E-state index contributed by atoms with van der Waals surface area (Å²) in [7, 11) is 1.69. The standard InChI is InChI=1S/C25H23F5N4O/c1-33(22-8-10-34(11-9-22)23-7-4-18(15-31-23)25(28,29)30)24(35)32-21-5-2-16(3-6-21)17-12-19(26)14-20(27)13-17/h2-7,12-15,22H,8-11H2,1H3,(H,32,35). The number of alkyl halides is 3. The smallest absolute Gasteiger partial charge is 0.356 e. The van der Waals surface area contributed by atoms with Crippen molar-refractivity contribution in [1.82, 2.24) is 9.88 Å². The zero-order chi connectivity index (χ0) is 25.2. The molecule has 2 amide bonds. The monoisotopic (exact) mass is 490 g/mol. The molecule has 1 aliphatic rings. The maximum Gasteiger partial charge on any atom is 0.417 e. The van der Waals surface area contributed by atoms with Gasteiger partial charge in [0.05, 0.1) is 5.56 Å². The van der Waals surface area contributed by atoms with Crippen molar-refractivity contribution in [2.24, 2.45) is 0 Å². The van der Waals surface area contributed by atoms with Gasteiger partial charge < -0.3 is 15.1 Å². The van der Waals surface area contributed by atoms with Gasteiger partial charge in [-0.1, -0.05) is 12.1 Å². The number of carbonyl (C=O) groups excluding carboxylic acids is 1. The van der Waals surface area contributed by atoms with E-state index >= 15 is 0 Å². The third-order valence-corrected chi connectivity index (χ3v) is 6.06. The Balaban J connectivity index is 1.31. The van der Waals surface area contributed by atoms with Crippen LogP contribution in [0.3, 0.4) is 0 Å². The molecule has 0 unspecified atom stereocenters. The lowest BCUT2D eigenvalue weighted by atomic mass is 10.0. The summed E-state index contributed by atoms with van der Waals surface area (Å²) >= 11 is 0. The highest BCUT2D eigenvalue weighted by Gasteiger charge is 2.31. The van der Waals surface area contributed by atoms with Gasteiger partial charge >= 0.3 is 12.2 Å². The van der Waals surface area contributed by atoms with E-state index in [-0.39, 0.29) is 12.1 Å². The molecule has 4 rings (SSSR count). The van der Waals surface area contributed by atoms with Crippen LogP contribution in [0.4, 0.5) is 38.3 Å². The largest absolute Gasteiger partial charge is 0.417 e. The average molecular weight is 490 g/mol. The van der Waals surface area contributed by atoms with Gasteiger partial charge in [0, 0.05) is 44.1 Å². The molecule has 0 atom stereocenters. The predicted molar refractivity (Wildman–Crippen MR) is 123 cm³/mol. The number of piperidine rings is 1. The van der Waals surface area contributed by atoms with Gasteiger partial charge in [-0.15, -0.1) is 0 Å². The van der Waals surface area contributed by atoms with E-state index in [9.17, 15) is 26.7 Å². The van der Waals surface area contributed by atoms with Crippen molar-refractivity contribution >= 4 is 17.5 Å². The molecular formula is C25H23F5N4O. The minimum absolute atomic E-state index is 0.0461. The van der Waals surface area contributed by atoms with E-state index < -0.39 is 23.4 Å². The molecule has 1 saturated heterocycles. The number of anilines is 2. The molecule has 3 aromatic rings. The van der Waals surface area contributed by atoms with E-state index in [4.69, 9.17) is 0 Å². The molecule has 1 aliphatic heterocycles. The summed E-state index contributed by atoms with van der Waals surface area (Å²) in [5.74, 6) is -0.861. The van der Waals surface area contributed by atoms with Gasteiger partial charge in [-0.25, -0.2) is 18.6 Å². The fraction of sp³-hybridized carbons (Fsp3) is 0.280. The van der Waals surface area contributed by atoms with Crippen molar-refractivity contribution in [3.63, 3.8) is 0 Å². The Hall–Kier alpha value is -3.69. The lowest BCUT2D eigenvalue weighted by molar-refractivity contribution is -0.137. The second-order valence-electron chi connectivity index (χ2n) is 8.40. The Morgan fingerprint density at radius 3 is 2.14 bits per heavy atom. The summed E-state index contributed by atoms with van der Waals surface area (Å²) in [6.07, 6.45) is -2.32. The van der Waals surface area contributed by atoms with Crippen molar-refractivity contribution in [2.75, 3.05) is 30.4 Å². The van der Waals surface area contributed by atoms with Crippen LogP contribution in [0.25, 0.3) is 11.1 Å². The normalized spacial score (nSPS) is 14.6. The minimum Gasteiger partial charge on any atom is -0.356 e. The van der Waals surface area contributed by atoms with Gasteiger partial charge in [0.2, 0.25) is 0 Å². The summed E-state index contributed by atoms with van der Waals surface area (Å²) < 4.78 is 65.1. The first-order valence-electron chi connectivity index (χ1n) is 11.0. The summed E-state index contributed by atoms with van der Waals surface area (Å²) in [5, 5.41) is 2.81. The number of pyridine rings is 1. The first-order valence-corrected chi connectivity index (χ1v) is 11.0. The second-order valence-corrected chi connectivity index (χ2v) is 8.40. The number of halogens is 5. The van der Waals surface area contributed by atoms with E-state index in [0.717, 1.165) is 18.3 Å². The van der Waals surface area contributed by atoms with Crippen LogP contribution >= 0.6 is 0 Å². The van der Waals surface area contributed by atoms with Gasteiger partial charge in [-0.3, -0.25) is 0 Å². The third kappa shape index (κ3) is 5.87. The highest BCUT2D eigenvalue weighted by Crippen LogP contribution is 2.30. The van der Waals surface area contributed by atoms with Gasteiger partial charge in [0.25, 0.3) is 0 Å². The Labute approximate surface area is 199 Å². The Bertz CT molecular complexity index is 1150. The Kier molecular flexibility index (Phi) is 6.90. The van der Waals surface area contributed by atoms with Crippen LogP contribution in [0.5, 0.6) is 0 Å². The van der Waals surface area contributed by atoms with Crippen molar-refractivity contribution in [3.05, 3.63) is 78.0 Å². The minimum atomic E-state index is -4.42. The van der Waals surface area contributed by atoms with E-state index in [1.165, 1.54) is 18.2 Å². The molecule has 5 nitrogen and oxygen atoms in total. The van der Waals surface area contributed by atoms with Gasteiger partial charge in [0.15, 0.2) is 0 Å². The van der Waals surface area contributed by atoms with E-state index in [0.29, 0.717) is 48.6 Å². The zero-order valence-corrected chi connectivity index (χ0v) is 18.8. The van der Waals surface area contributed by atoms with Crippen LogP contribution in [0.15, 0.2) is 60.8 Å². The Morgan fingerprint density at radius 1 is 0.971 bits per heavy atom. The second kappa shape index (κ2) is 9.89. The molecule has 2 heterocycles. The summed E-state index contributed by atoms with van der Waals surface area (Å²) in [6, 6.07) is 11.9. The number of aromatic nitrogens is 1. The predicted octanol–water partition coefficient (Wildman–Crippen LogP) is 6.18. The average Bonchev–Trinajstić information content (AvgIpc) is 2.83. The highest BCUT2D eigenvalue weighted by molar-refractivity contribution is 5.89. The quantitative estimate of drug-likeness (QED) is 0.445. The number of amides is 2. The van der Waals surface area contributed by atoms with Gasteiger partial charge in [-0.2, -0.15) is 13.2 Å². The summed E-state index contributed by atoms with van der Waals surface area (Å²) in [5.41, 5.74) is 0.753. The molecule has 184 valence electrons. The first-order chi connectivity index (χ1) is 16.6. The van der Waals surface area contributed by atoms with E-state index in [2.05, 4.69) is 10.3 Å². The molecule has 0 aliphatic carbocycles. The molecule has 10 heteroatoms. The van der Waals surface area contributed by atoms with Crippen molar-refractivity contribution in [3.8, 4) is 11.1 Å². The molecule has 0 saturated carbocycles. The van der Waals surface area contributed by atoms with Crippen LogP contribution in [0.2, 0.25) is 0 Å². The van der Waals surface area contributed by atoms with Crippen molar-refractivity contribution in [1.29, 1.82) is 0 Å². The summed E-state index contributed by atoms with van der Waals surface area (Å²) in [6.45, 7) is 1.11. The maximum atomic E-state index is 13.5. The van der Waals surface area contributed by atoms with Crippen LogP contribution in [0.1, 0.15) is 18.4 Å². The number of urea groups is 1. The molecule has 35 heavy (non-hydrogen) atoms. The number of rotatable bonds is 4. The topological polar surface area (TPSA) is 48.5 Å². The molecule has 0 bridgehead atoms. The molecule has 0 spiro atoms. The van der Waals surface area contributed by atoms with Gasteiger partial charge in [0.1, 0.15) is 17.5 Å². The first kappa shape index (κ1) is 24.4. The number of hydrogen-bond donors (Lipinski definition) is 1. The number of nitrogens with one attached hydrogen (secondary N) is 1. The van der Waals surface area contributed by atoms with E-state index in [1.54, 1.807) is 36.2 Å². The van der Waals surface area contributed by atoms with Crippen LogP contribution < -0.4 is 10.2 Å². The van der Waals surface area contributed by atoms with E-state index in [1.807, 2.05) is 4.90 Å². The van der Waals surface area contributed by atoms with Crippen LogP contribution in [0, 0.1) is 11.6 Å². The highest BCUT2D eigenvalue weighted by atomic mass is 19.4. The number of hydrogen-bond acceptors (Lipinski definition) is 3. The lowest BCUT2D eigenvalue weighted by Gasteiger charge is -2.37. The summed E-state index contributed by atoms with van der Waals surface area (Å²) in [4.78, 5) is 20.2. The fourth-order valence-electron chi connectivity index (χ4n) is 4.07. The van der Waals surface area contributed by atoms with Crippen molar-refractivity contribution < 1.29 is 26.7 Å². The molecular weight excluding hydrogens is 467 g/mol. The number of nitrogens with zero attached hydrogens (tertiary/aromatic N) is 3. The van der Waals surface area contributed by atoms with Crippen LogP contribution in [-0.4, -0.2) is 42.1 Å². The number of carbonyl (C=O) groups is 1. The molecule has 1 N–H and O–H groups in total. The molecule has 0 radical (unpaired) electrons.